The van der Waals surface area contributed by atoms with Crippen LogP contribution >= 0.6 is 11.8 Å². The molecular weight excluding hydrogens is 282 g/mol. The topological polar surface area (TPSA) is 51.8 Å². The maximum absolute atomic E-state index is 5.24. The lowest BCUT2D eigenvalue weighted by Gasteiger charge is -2.00. The molecule has 0 saturated heterocycles. The van der Waals surface area contributed by atoms with E-state index in [2.05, 4.69) is 41.1 Å². The van der Waals surface area contributed by atoms with Crippen molar-refractivity contribution in [2.24, 2.45) is 5.92 Å². The van der Waals surface area contributed by atoms with E-state index in [1.807, 2.05) is 24.3 Å². The highest BCUT2D eigenvalue weighted by Gasteiger charge is 2.09. The van der Waals surface area contributed by atoms with Crippen molar-refractivity contribution < 1.29 is 4.52 Å². The first-order valence-electron chi connectivity index (χ1n) is 7.01. The summed E-state index contributed by atoms with van der Waals surface area (Å²) in [7, 11) is 0. The van der Waals surface area contributed by atoms with E-state index in [1.165, 1.54) is 0 Å². The van der Waals surface area contributed by atoms with Gasteiger partial charge in [-0.05, 0) is 18.1 Å². The van der Waals surface area contributed by atoms with Gasteiger partial charge in [0.2, 0.25) is 5.89 Å². The van der Waals surface area contributed by atoms with Gasteiger partial charge >= 0.3 is 0 Å². The molecule has 0 N–H and O–H groups in total. The van der Waals surface area contributed by atoms with Gasteiger partial charge in [-0.25, -0.2) is 4.98 Å². The molecule has 0 fully saturated rings. The summed E-state index contributed by atoms with van der Waals surface area (Å²) in [5.41, 5.74) is 1.01. The Kier molecular flexibility index (Phi) is 4.20. The van der Waals surface area contributed by atoms with Gasteiger partial charge in [0.25, 0.3) is 0 Å². The minimum atomic E-state index is 0.521. The molecule has 3 rings (SSSR count). The van der Waals surface area contributed by atoms with Crippen molar-refractivity contribution in [3.05, 3.63) is 48.1 Å². The number of thioether (sulfide) groups is 1. The highest BCUT2D eigenvalue weighted by molar-refractivity contribution is 7.98. The smallest absolute Gasteiger partial charge is 0.226 e. The van der Waals surface area contributed by atoms with E-state index in [0.717, 1.165) is 28.2 Å². The summed E-state index contributed by atoms with van der Waals surface area (Å²) in [6, 6.07) is 12.2. The van der Waals surface area contributed by atoms with Crippen molar-refractivity contribution in [3.8, 4) is 0 Å². The fourth-order valence-corrected chi connectivity index (χ4v) is 2.77. The molecular formula is C16H17N3OS. The Morgan fingerprint density at radius 2 is 1.95 bits per heavy atom. The molecule has 0 atom stereocenters. The summed E-state index contributed by atoms with van der Waals surface area (Å²) in [5, 5.41) is 6.14. The maximum atomic E-state index is 5.24. The normalized spacial score (nSPS) is 11.4. The van der Waals surface area contributed by atoms with Gasteiger partial charge in [0, 0.05) is 11.8 Å². The van der Waals surface area contributed by atoms with Crippen LogP contribution in [-0.4, -0.2) is 15.1 Å². The average molecular weight is 299 g/mol. The van der Waals surface area contributed by atoms with Crippen molar-refractivity contribution in [2.75, 3.05) is 0 Å². The summed E-state index contributed by atoms with van der Waals surface area (Å²) in [5.74, 6) is 2.64. The van der Waals surface area contributed by atoms with E-state index in [0.29, 0.717) is 17.6 Å². The lowest BCUT2D eigenvalue weighted by molar-refractivity contribution is 0.360. The molecule has 5 heteroatoms. The third-order valence-corrected chi connectivity index (χ3v) is 3.94. The van der Waals surface area contributed by atoms with E-state index in [4.69, 9.17) is 4.52 Å². The van der Waals surface area contributed by atoms with Crippen molar-refractivity contribution in [3.63, 3.8) is 0 Å². The predicted octanol–water partition coefficient (Wildman–Crippen LogP) is 4.11. The highest BCUT2D eigenvalue weighted by atomic mass is 32.2. The van der Waals surface area contributed by atoms with Crippen molar-refractivity contribution in [2.45, 2.75) is 31.0 Å². The number of para-hydroxylation sites is 1. The second-order valence-corrected chi connectivity index (χ2v) is 6.33. The fraction of sp³-hybridized carbons (Fsp3) is 0.312. The summed E-state index contributed by atoms with van der Waals surface area (Å²) < 4.78 is 5.24. The molecule has 0 aliphatic heterocycles. The van der Waals surface area contributed by atoms with E-state index >= 15 is 0 Å². The van der Waals surface area contributed by atoms with Gasteiger partial charge < -0.3 is 4.52 Å². The minimum Gasteiger partial charge on any atom is -0.339 e. The Hall–Kier alpha value is -1.88. The number of pyridine rings is 1. The van der Waals surface area contributed by atoms with E-state index < -0.39 is 0 Å². The Balaban J connectivity index is 1.67. The van der Waals surface area contributed by atoms with Gasteiger partial charge in [0.05, 0.1) is 16.3 Å². The first-order valence-corrected chi connectivity index (χ1v) is 7.99. The zero-order chi connectivity index (χ0) is 14.7. The molecule has 0 amide bonds. The van der Waals surface area contributed by atoms with E-state index in [9.17, 15) is 0 Å². The van der Waals surface area contributed by atoms with Gasteiger partial charge in [-0.15, -0.1) is 0 Å². The molecule has 2 heterocycles. The van der Waals surface area contributed by atoms with E-state index in [-0.39, 0.29) is 0 Å². The molecule has 4 nitrogen and oxygen atoms in total. The van der Waals surface area contributed by atoms with Crippen molar-refractivity contribution in [1.29, 1.82) is 0 Å². The molecule has 0 saturated carbocycles. The largest absolute Gasteiger partial charge is 0.339 e. The van der Waals surface area contributed by atoms with Gasteiger partial charge in [-0.3, -0.25) is 0 Å². The summed E-state index contributed by atoms with van der Waals surface area (Å²) >= 11 is 1.62. The van der Waals surface area contributed by atoms with Crippen molar-refractivity contribution >= 4 is 22.7 Å². The molecule has 2 aromatic heterocycles. The minimum absolute atomic E-state index is 0.521. The number of benzene rings is 1. The van der Waals surface area contributed by atoms with Crippen LogP contribution in [0.15, 0.2) is 45.9 Å². The number of hydrogen-bond donors (Lipinski definition) is 0. The van der Waals surface area contributed by atoms with Gasteiger partial charge in [-0.1, -0.05) is 55.0 Å². The third kappa shape index (κ3) is 3.61. The molecule has 0 radical (unpaired) electrons. The molecule has 0 bridgehead atoms. The quantitative estimate of drug-likeness (QED) is 0.664. The molecule has 3 aromatic rings. The van der Waals surface area contributed by atoms with Gasteiger partial charge in [-0.2, -0.15) is 4.98 Å². The second-order valence-electron chi connectivity index (χ2n) is 5.33. The fourth-order valence-electron chi connectivity index (χ4n) is 2.05. The van der Waals surface area contributed by atoms with Gasteiger partial charge in [0.15, 0.2) is 5.82 Å². The van der Waals surface area contributed by atoms with Crippen LogP contribution in [0.25, 0.3) is 10.9 Å². The zero-order valence-electron chi connectivity index (χ0n) is 12.1. The SMILES string of the molecule is CC(C)Cc1nc(CSc2ccc3ccccc3n2)no1. The van der Waals surface area contributed by atoms with Crippen LogP contribution in [0.1, 0.15) is 25.6 Å². The molecule has 108 valence electrons. The van der Waals surface area contributed by atoms with Crippen LogP contribution in [0.5, 0.6) is 0 Å². The van der Waals surface area contributed by atoms with Crippen LogP contribution in [0.3, 0.4) is 0 Å². The van der Waals surface area contributed by atoms with E-state index in [1.54, 1.807) is 11.8 Å². The maximum Gasteiger partial charge on any atom is 0.226 e. The van der Waals surface area contributed by atoms with Crippen LogP contribution in [-0.2, 0) is 12.2 Å². The number of aromatic nitrogens is 3. The second kappa shape index (κ2) is 6.26. The van der Waals surface area contributed by atoms with Crippen molar-refractivity contribution in [1.82, 2.24) is 15.1 Å². The standard InChI is InChI=1S/C16H17N3OS/c1-11(2)9-15-18-14(19-20-15)10-21-16-8-7-12-5-3-4-6-13(12)17-16/h3-8,11H,9-10H2,1-2H3. The monoisotopic (exact) mass is 299 g/mol. The zero-order valence-corrected chi connectivity index (χ0v) is 12.9. The molecule has 0 aliphatic rings. The molecule has 1 aromatic carbocycles. The van der Waals surface area contributed by atoms with Crippen LogP contribution in [0.4, 0.5) is 0 Å². The Labute approximate surface area is 128 Å². The summed E-state index contributed by atoms with van der Waals surface area (Å²) in [4.78, 5) is 9.02. The van der Waals surface area contributed by atoms with Crippen LogP contribution < -0.4 is 0 Å². The number of nitrogens with zero attached hydrogens (tertiary/aromatic N) is 3. The molecule has 0 unspecified atom stereocenters. The lowest BCUT2D eigenvalue weighted by atomic mass is 10.1. The number of hydrogen-bond acceptors (Lipinski definition) is 5. The van der Waals surface area contributed by atoms with Crippen LogP contribution in [0, 0.1) is 5.92 Å². The van der Waals surface area contributed by atoms with Crippen LogP contribution in [0.2, 0.25) is 0 Å². The Morgan fingerprint density at radius 1 is 1.10 bits per heavy atom. The Bertz CT molecular complexity index is 739. The lowest BCUT2D eigenvalue weighted by Crippen LogP contribution is -1.94. The first kappa shape index (κ1) is 14.1. The third-order valence-electron chi connectivity index (χ3n) is 3.02. The Morgan fingerprint density at radius 3 is 2.81 bits per heavy atom. The molecule has 0 spiro atoms. The molecule has 21 heavy (non-hydrogen) atoms. The number of fused-ring (bicyclic) bond motifs is 1. The molecule has 0 aliphatic carbocycles. The van der Waals surface area contributed by atoms with Gasteiger partial charge in [0.1, 0.15) is 0 Å². The highest BCUT2D eigenvalue weighted by Crippen LogP contribution is 2.22. The summed E-state index contributed by atoms with van der Waals surface area (Å²) in [6.45, 7) is 4.27. The average Bonchev–Trinajstić information content (AvgIpc) is 2.91. The predicted molar refractivity (Wildman–Crippen MR) is 84.1 cm³/mol. The number of rotatable bonds is 5. The first-order chi connectivity index (χ1) is 10.2. The summed E-state index contributed by atoms with van der Waals surface area (Å²) in [6.07, 6.45) is 0.825.